The molecule has 4 N–H and O–H groups in total. The van der Waals surface area contributed by atoms with Gasteiger partial charge < -0.3 is 20.6 Å². The molecule has 7 heteroatoms. The van der Waals surface area contributed by atoms with Gasteiger partial charge in [0, 0.05) is 23.6 Å². The number of methoxy groups -OCH3 is 1. The smallest absolute Gasteiger partial charge is 0.320 e. The van der Waals surface area contributed by atoms with E-state index in [1.807, 2.05) is 0 Å². The van der Waals surface area contributed by atoms with Gasteiger partial charge in [-0.15, -0.1) is 0 Å². The van der Waals surface area contributed by atoms with Crippen molar-refractivity contribution in [2.45, 2.75) is 19.4 Å². The van der Waals surface area contributed by atoms with E-state index in [-0.39, 0.29) is 17.7 Å². The third-order valence-electron chi connectivity index (χ3n) is 3.25. The van der Waals surface area contributed by atoms with Gasteiger partial charge >= 0.3 is 5.97 Å². The quantitative estimate of drug-likeness (QED) is 0.797. The molecule has 0 amide bonds. The molecule has 0 saturated carbocycles. The summed E-state index contributed by atoms with van der Waals surface area (Å²) in [7, 11) is 1.22. The number of hydrogen-bond acceptors (Lipinski definition) is 3. The number of carboxylic acids is 1. The van der Waals surface area contributed by atoms with Gasteiger partial charge in [-0.2, -0.15) is 4.39 Å². The van der Waals surface area contributed by atoms with Crippen molar-refractivity contribution in [1.82, 2.24) is 4.98 Å². The summed E-state index contributed by atoms with van der Waals surface area (Å²) in [6, 6.07) is -1.13. The predicted molar refractivity (Wildman–Crippen MR) is 68.8 cm³/mol. The van der Waals surface area contributed by atoms with E-state index in [4.69, 9.17) is 15.6 Å². The summed E-state index contributed by atoms with van der Waals surface area (Å²) >= 11 is 0. The Morgan fingerprint density at radius 3 is 2.70 bits per heavy atom. The number of carbonyl (C=O) groups is 1. The molecule has 1 aromatic heterocycles. The Bertz CT molecular complexity index is 682. The molecule has 2 rings (SSSR count). The summed E-state index contributed by atoms with van der Waals surface area (Å²) in [6.07, 6.45) is 1.47. The van der Waals surface area contributed by atoms with Crippen LogP contribution in [0.2, 0.25) is 0 Å². The highest BCUT2D eigenvalue weighted by atomic mass is 19.2. The van der Waals surface area contributed by atoms with Gasteiger partial charge in [0.05, 0.1) is 12.6 Å². The molecule has 2 aromatic rings. The lowest BCUT2D eigenvalue weighted by Crippen LogP contribution is -2.32. The van der Waals surface area contributed by atoms with Gasteiger partial charge in [0.1, 0.15) is 6.04 Å². The maximum atomic E-state index is 13.9. The molecule has 20 heavy (non-hydrogen) atoms. The molecule has 0 aliphatic heterocycles. The third-order valence-corrected chi connectivity index (χ3v) is 3.25. The Labute approximate surface area is 113 Å². The van der Waals surface area contributed by atoms with Gasteiger partial charge in [-0.25, -0.2) is 4.39 Å². The highest BCUT2D eigenvalue weighted by Gasteiger charge is 2.23. The number of hydrogen-bond donors (Lipinski definition) is 3. The van der Waals surface area contributed by atoms with Gasteiger partial charge in [0.25, 0.3) is 0 Å². The molecule has 1 aromatic carbocycles. The van der Waals surface area contributed by atoms with Crippen LogP contribution in [0.3, 0.4) is 0 Å². The fraction of sp³-hybridized carbons (Fsp3) is 0.308. The number of halogens is 2. The second-order valence-corrected chi connectivity index (χ2v) is 4.50. The van der Waals surface area contributed by atoms with Crippen LogP contribution in [0, 0.1) is 18.6 Å². The first-order valence-electron chi connectivity index (χ1n) is 5.88. The number of carboxylic acid groups (broad SMARTS) is 1. The van der Waals surface area contributed by atoms with Crippen molar-refractivity contribution in [3.8, 4) is 5.75 Å². The van der Waals surface area contributed by atoms with E-state index in [0.717, 1.165) is 0 Å². The number of aliphatic carboxylic acids is 1. The minimum atomic E-state index is -1.17. The summed E-state index contributed by atoms with van der Waals surface area (Å²) in [5.74, 6) is -3.51. The molecule has 0 spiro atoms. The lowest BCUT2D eigenvalue weighted by Gasteiger charge is -2.11. The summed E-state index contributed by atoms with van der Waals surface area (Å²) < 4.78 is 32.5. The van der Waals surface area contributed by atoms with E-state index >= 15 is 0 Å². The molecule has 0 aliphatic rings. The van der Waals surface area contributed by atoms with Crippen molar-refractivity contribution in [3.63, 3.8) is 0 Å². The van der Waals surface area contributed by atoms with Gasteiger partial charge in [0.15, 0.2) is 11.6 Å². The number of ether oxygens (including phenoxy) is 1. The van der Waals surface area contributed by atoms with E-state index in [9.17, 15) is 13.6 Å². The van der Waals surface area contributed by atoms with Crippen molar-refractivity contribution >= 4 is 16.9 Å². The summed E-state index contributed by atoms with van der Waals surface area (Å²) in [5.41, 5.74) is 6.41. The molecular formula is C13H14F2N2O3. The zero-order chi connectivity index (χ0) is 15.0. The van der Waals surface area contributed by atoms with Crippen molar-refractivity contribution < 1.29 is 23.4 Å². The first-order valence-corrected chi connectivity index (χ1v) is 5.88. The number of fused-ring (bicyclic) bond motifs is 1. The largest absolute Gasteiger partial charge is 0.493 e. The minimum absolute atomic E-state index is 0.0177. The van der Waals surface area contributed by atoms with Crippen LogP contribution in [0.1, 0.15) is 11.1 Å². The number of aromatic nitrogens is 1. The van der Waals surface area contributed by atoms with E-state index in [1.54, 1.807) is 0 Å². The fourth-order valence-electron chi connectivity index (χ4n) is 2.18. The molecule has 0 fully saturated rings. The van der Waals surface area contributed by atoms with E-state index < -0.39 is 23.6 Å². The van der Waals surface area contributed by atoms with Crippen molar-refractivity contribution in [3.05, 3.63) is 29.0 Å². The van der Waals surface area contributed by atoms with Crippen LogP contribution in [0.5, 0.6) is 5.75 Å². The fourth-order valence-corrected chi connectivity index (χ4v) is 2.18. The zero-order valence-electron chi connectivity index (χ0n) is 11.0. The van der Waals surface area contributed by atoms with Gasteiger partial charge in [0.2, 0.25) is 5.82 Å². The molecule has 1 unspecified atom stereocenters. The average molecular weight is 284 g/mol. The monoisotopic (exact) mass is 284 g/mol. The van der Waals surface area contributed by atoms with Crippen LogP contribution in [-0.2, 0) is 11.2 Å². The molecule has 1 heterocycles. The lowest BCUT2D eigenvalue weighted by molar-refractivity contribution is -0.138. The second kappa shape index (κ2) is 5.09. The first kappa shape index (κ1) is 14.3. The minimum Gasteiger partial charge on any atom is -0.493 e. The number of nitrogens with two attached hydrogens (primary N) is 1. The molecule has 1 atom stereocenters. The Morgan fingerprint density at radius 2 is 2.15 bits per heavy atom. The average Bonchev–Trinajstić information content (AvgIpc) is 2.81. The topological polar surface area (TPSA) is 88.3 Å². The molecule has 0 saturated heterocycles. The maximum Gasteiger partial charge on any atom is 0.320 e. The highest BCUT2D eigenvalue weighted by molar-refractivity contribution is 5.92. The van der Waals surface area contributed by atoms with Crippen LogP contribution in [0.4, 0.5) is 8.78 Å². The molecule has 0 radical (unpaired) electrons. The number of aryl methyl sites for hydroxylation is 1. The van der Waals surface area contributed by atoms with Gasteiger partial charge in [-0.3, -0.25) is 4.79 Å². The number of H-pyrrole nitrogens is 1. The molecule has 108 valence electrons. The van der Waals surface area contributed by atoms with Crippen molar-refractivity contribution in [1.29, 1.82) is 0 Å². The van der Waals surface area contributed by atoms with Gasteiger partial charge in [-0.05, 0) is 12.5 Å². The van der Waals surface area contributed by atoms with Gasteiger partial charge in [-0.1, -0.05) is 0 Å². The maximum absolute atomic E-state index is 13.9. The molecular weight excluding hydrogens is 270 g/mol. The number of benzene rings is 1. The zero-order valence-corrected chi connectivity index (χ0v) is 11.0. The van der Waals surface area contributed by atoms with Crippen LogP contribution < -0.4 is 10.5 Å². The molecule has 5 nitrogen and oxygen atoms in total. The molecule has 0 bridgehead atoms. The SMILES string of the molecule is COc1c(F)c(F)c(C)c2[nH]cc(CC(N)C(=O)O)c12. The van der Waals surface area contributed by atoms with Crippen molar-refractivity contribution in [2.24, 2.45) is 5.73 Å². The normalized spacial score (nSPS) is 12.7. The van der Waals surface area contributed by atoms with Crippen molar-refractivity contribution in [2.75, 3.05) is 7.11 Å². The van der Waals surface area contributed by atoms with Crippen LogP contribution in [0.15, 0.2) is 6.20 Å². The highest BCUT2D eigenvalue weighted by Crippen LogP contribution is 2.36. The molecule has 0 aliphatic carbocycles. The Hall–Kier alpha value is -2.15. The van der Waals surface area contributed by atoms with Crippen LogP contribution in [-0.4, -0.2) is 29.2 Å². The number of rotatable bonds is 4. The standard InChI is InChI=1S/C13H14F2N2O3/c1-5-9(14)10(15)12(20-2)8-6(4-17-11(5)8)3-7(16)13(18)19/h4,7,17H,3,16H2,1-2H3,(H,18,19). The lowest BCUT2D eigenvalue weighted by atomic mass is 10.0. The number of nitrogens with one attached hydrogen (secondary N) is 1. The Balaban J connectivity index is 2.67. The summed E-state index contributed by atoms with van der Waals surface area (Å²) in [6.45, 7) is 1.43. The summed E-state index contributed by atoms with van der Waals surface area (Å²) in [5, 5.41) is 9.15. The van der Waals surface area contributed by atoms with Crippen LogP contribution in [0.25, 0.3) is 10.9 Å². The third kappa shape index (κ3) is 2.09. The predicted octanol–water partition coefficient (Wildman–Crippen LogP) is 1.72. The van der Waals surface area contributed by atoms with E-state index in [2.05, 4.69) is 4.98 Å². The van der Waals surface area contributed by atoms with E-state index in [1.165, 1.54) is 20.2 Å². The Morgan fingerprint density at radius 1 is 1.50 bits per heavy atom. The van der Waals surface area contributed by atoms with Crippen LogP contribution >= 0.6 is 0 Å². The second-order valence-electron chi connectivity index (χ2n) is 4.50. The summed E-state index contributed by atoms with van der Waals surface area (Å²) in [4.78, 5) is 13.6. The Kier molecular flexibility index (Phi) is 3.63. The number of aromatic amines is 1. The first-order chi connectivity index (χ1) is 9.38. The van der Waals surface area contributed by atoms with E-state index in [0.29, 0.717) is 16.5 Å².